The van der Waals surface area contributed by atoms with Gasteiger partial charge in [0, 0.05) is 51.9 Å². The number of carbonyl (C=O) groups is 2. The van der Waals surface area contributed by atoms with Crippen LogP contribution in [0.2, 0.25) is 0 Å². The van der Waals surface area contributed by atoms with E-state index in [2.05, 4.69) is 20.9 Å². The summed E-state index contributed by atoms with van der Waals surface area (Å²) < 4.78 is 37.8. The lowest BCUT2D eigenvalue weighted by atomic mass is 10.1. The summed E-state index contributed by atoms with van der Waals surface area (Å²) in [5.74, 6) is -0.0154. The summed E-state index contributed by atoms with van der Waals surface area (Å²) in [5, 5.41) is 8.79. The van der Waals surface area contributed by atoms with Gasteiger partial charge in [-0.05, 0) is 42.0 Å². The van der Waals surface area contributed by atoms with Crippen LogP contribution in [0.5, 0.6) is 0 Å². The molecule has 0 aliphatic rings. The molecule has 0 heterocycles. The van der Waals surface area contributed by atoms with Crippen LogP contribution in [0.3, 0.4) is 0 Å². The quantitative estimate of drug-likeness (QED) is 0.345. The van der Waals surface area contributed by atoms with Gasteiger partial charge in [-0.25, -0.2) is 0 Å². The highest BCUT2D eigenvalue weighted by Gasteiger charge is 2.30. The van der Waals surface area contributed by atoms with Crippen molar-refractivity contribution in [1.29, 1.82) is 0 Å². The largest absolute Gasteiger partial charge is 0.416 e. The molecular weight excluding hydrogens is 423 g/mol. The second kappa shape index (κ2) is 11.2. The fourth-order valence-electron chi connectivity index (χ4n) is 2.70. The van der Waals surface area contributed by atoms with Crippen LogP contribution in [0.1, 0.15) is 31.8 Å². The standard InChI is InChI=1S/C22H26F3N5O2/c1-26-21(29-14-15-4-6-17(7-5-15)20(32)30(2)3)28-13-12-27-19(31)16-8-10-18(11-9-16)22(23,24)25/h4-11H,12-14H2,1-3H3,(H,27,31)(H2,26,28,29). The van der Waals surface area contributed by atoms with E-state index < -0.39 is 17.6 Å². The van der Waals surface area contributed by atoms with Gasteiger partial charge in [0.25, 0.3) is 11.8 Å². The number of benzene rings is 2. The van der Waals surface area contributed by atoms with Crippen LogP contribution in [-0.4, -0.2) is 56.9 Å². The Hall–Kier alpha value is -3.56. The average Bonchev–Trinajstić information content (AvgIpc) is 2.77. The van der Waals surface area contributed by atoms with Crippen LogP contribution < -0.4 is 16.0 Å². The number of hydrogen-bond donors (Lipinski definition) is 3. The molecule has 7 nitrogen and oxygen atoms in total. The van der Waals surface area contributed by atoms with Crippen molar-refractivity contribution in [2.45, 2.75) is 12.7 Å². The predicted molar refractivity (Wildman–Crippen MR) is 116 cm³/mol. The molecule has 2 amide bonds. The van der Waals surface area contributed by atoms with Gasteiger partial charge in [-0.1, -0.05) is 12.1 Å². The molecule has 0 aliphatic heterocycles. The van der Waals surface area contributed by atoms with E-state index in [0.29, 0.717) is 24.6 Å². The summed E-state index contributed by atoms with van der Waals surface area (Å²) in [5.41, 5.74) is 0.908. The maximum Gasteiger partial charge on any atom is 0.416 e. The minimum atomic E-state index is -4.44. The van der Waals surface area contributed by atoms with Gasteiger partial charge in [0.2, 0.25) is 0 Å². The molecule has 0 atom stereocenters. The fraction of sp³-hybridized carbons (Fsp3) is 0.318. The SMILES string of the molecule is CN=C(NCCNC(=O)c1ccc(C(F)(F)F)cc1)NCc1ccc(C(=O)N(C)C)cc1. The summed E-state index contributed by atoms with van der Waals surface area (Å²) in [6.07, 6.45) is -4.44. The lowest BCUT2D eigenvalue weighted by Gasteiger charge is -2.13. The Kier molecular flexibility index (Phi) is 8.62. The summed E-state index contributed by atoms with van der Waals surface area (Å²) in [6, 6.07) is 11.2. The third-order valence-corrected chi connectivity index (χ3v) is 4.47. The van der Waals surface area contributed by atoms with Gasteiger partial charge in [-0.3, -0.25) is 14.6 Å². The molecule has 0 radical (unpaired) electrons. The summed E-state index contributed by atoms with van der Waals surface area (Å²) >= 11 is 0. The van der Waals surface area contributed by atoms with Gasteiger partial charge >= 0.3 is 6.18 Å². The van der Waals surface area contributed by atoms with E-state index >= 15 is 0 Å². The molecule has 32 heavy (non-hydrogen) atoms. The number of aliphatic imine (C=N–C) groups is 1. The first kappa shape index (κ1) is 24.7. The van der Waals surface area contributed by atoms with Crippen molar-refractivity contribution in [2.24, 2.45) is 4.99 Å². The Morgan fingerprint density at radius 1 is 0.875 bits per heavy atom. The minimum absolute atomic E-state index is 0.0691. The summed E-state index contributed by atoms with van der Waals surface area (Å²) in [6.45, 7) is 1.10. The fourth-order valence-corrected chi connectivity index (χ4v) is 2.70. The van der Waals surface area contributed by atoms with Crippen LogP contribution in [0.4, 0.5) is 13.2 Å². The van der Waals surface area contributed by atoms with E-state index in [0.717, 1.165) is 29.8 Å². The highest BCUT2D eigenvalue weighted by atomic mass is 19.4. The molecule has 2 aromatic carbocycles. The lowest BCUT2D eigenvalue weighted by molar-refractivity contribution is -0.137. The van der Waals surface area contributed by atoms with Crippen LogP contribution in [-0.2, 0) is 12.7 Å². The van der Waals surface area contributed by atoms with Crippen molar-refractivity contribution in [3.05, 3.63) is 70.8 Å². The topological polar surface area (TPSA) is 85.8 Å². The normalized spacial score (nSPS) is 11.6. The monoisotopic (exact) mass is 449 g/mol. The van der Waals surface area contributed by atoms with Gasteiger partial charge in [-0.2, -0.15) is 13.2 Å². The van der Waals surface area contributed by atoms with Crippen molar-refractivity contribution >= 4 is 17.8 Å². The number of halogens is 3. The van der Waals surface area contributed by atoms with E-state index in [1.807, 2.05) is 12.1 Å². The Bertz CT molecular complexity index is 940. The molecule has 0 aliphatic carbocycles. The number of guanidine groups is 1. The number of amides is 2. The average molecular weight is 449 g/mol. The van der Waals surface area contributed by atoms with Crippen molar-refractivity contribution in [1.82, 2.24) is 20.9 Å². The number of hydrogen-bond acceptors (Lipinski definition) is 3. The summed E-state index contributed by atoms with van der Waals surface area (Å²) in [4.78, 5) is 29.6. The van der Waals surface area contributed by atoms with Gasteiger partial charge in [0.05, 0.1) is 5.56 Å². The smallest absolute Gasteiger partial charge is 0.355 e. The molecule has 0 spiro atoms. The van der Waals surface area contributed by atoms with Crippen LogP contribution in [0.25, 0.3) is 0 Å². The second-order valence-electron chi connectivity index (χ2n) is 7.08. The first-order valence-corrected chi connectivity index (χ1v) is 9.82. The molecule has 10 heteroatoms. The second-order valence-corrected chi connectivity index (χ2v) is 7.08. The third-order valence-electron chi connectivity index (χ3n) is 4.47. The van der Waals surface area contributed by atoms with Crippen LogP contribution in [0, 0.1) is 0 Å². The van der Waals surface area contributed by atoms with Gasteiger partial charge in [0.15, 0.2) is 5.96 Å². The number of carbonyl (C=O) groups excluding carboxylic acids is 2. The van der Waals surface area contributed by atoms with Crippen molar-refractivity contribution in [2.75, 3.05) is 34.2 Å². The van der Waals surface area contributed by atoms with Gasteiger partial charge < -0.3 is 20.9 Å². The molecule has 0 saturated heterocycles. The molecule has 0 saturated carbocycles. The molecule has 2 rings (SSSR count). The van der Waals surface area contributed by atoms with Crippen molar-refractivity contribution in [3.63, 3.8) is 0 Å². The number of alkyl halides is 3. The molecule has 2 aromatic rings. The summed E-state index contributed by atoms with van der Waals surface area (Å²) in [7, 11) is 4.99. The third kappa shape index (κ3) is 7.29. The molecule has 0 unspecified atom stereocenters. The minimum Gasteiger partial charge on any atom is -0.355 e. The van der Waals surface area contributed by atoms with E-state index in [1.165, 1.54) is 4.90 Å². The van der Waals surface area contributed by atoms with E-state index in [1.54, 1.807) is 33.3 Å². The van der Waals surface area contributed by atoms with E-state index in [-0.39, 0.29) is 18.0 Å². The zero-order chi connectivity index (χ0) is 23.7. The van der Waals surface area contributed by atoms with Crippen LogP contribution in [0.15, 0.2) is 53.5 Å². The molecule has 0 bridgehead atoms. The molecule has 3 N–H and O–H groups in total. The van der Waals surface area contributed by atoms with Crippen molar-refractivity contribution < 1.29 is 22.8 Å². The first-order valence-electron chi connectivity index (χ1n) is 9.82. The zero-order valence-electron chi connectivity index (χ0n) is 18.1. The highest BCUT2D eigenvalue weighted by Crippen LogP contribution is 2.29. The zero-order valence-corrected chi connectivity index (χ0v) is 18.1. The molecule has 0 aromatic heterocycles. The first-order chi connectivity index (χ1) is 15.1. The number of nitrogens with one attached hydrogen (secondary N) is 3. The highest BCUT2D eigenvalue weighted by molar-refractivity contribution is 5.94. The van der Waals surface area contributed by atoms with Gasteiger partial charge in [-0.15, -0.1) is 0 Å². The Morgan fingerprint density at radius 2 is 1.44 bits per heavy atom. The molecular formula is C22H26F3N5O2. The number of nitrogens with zero attached hydrogens (tertiary/aromatic N) is 2. The van der Waals surface area contributed by atoms with E-state index in [4.69, 9.17) is 0 Å². The van der Waals surface area contributed by atoms with Crippen LogP contribution >= 0.6 is 0 Å². The van der Waals surface area contributed by atoms with Gasteiger partial charge in [0.1, 0.15) is 0 Å². The Morgan fingerprint density at radius 3 is 1.97 bits per heavy atom. The lowest BCUT2D eigenvalue weighted by Crippen LogP contribution is -2.41. The number of rotatable bonds is 7. The molecule has 0 fully saturated rings. The van der Waals surface area contributed by atoms with E-state index in [9.17, 15) is 22.8 Å². The van der Waals surface area contributed by atoms with Crippen molar-refractivity contribution in [3.8, 4) is 0 Å². The molecule has 172 valence electrons. The predicted octanol–water partition coefficient (Wildman–Crippen LogP) is 2.50. The Labute approximate surface area is 184 Å². The maximum atomic E-state index is 12.6. The Balaban J connectivity index is 1.75. The maximum absolute atomic E-state index is 12.6.